The van der Waals surface area contributed by atoms with E-state index in [1.807, 2.05) is 12.1 Å². The van der Waals surface area contributed by atoms with Crippen molar-refractivity contribution in [2.75, 3.05) is 44.3 Å². The minimum Gasteiger partial charge on any atom is -0.379 e. The van der Waals surface area contributed by atoms with E-state index in [1.54, 1.807) is 16.5 Å². The van der Waals surface area contributed by atoms with E-state index in [0.717, 1.165) is 53.7 Å². The monoisotopic (exact) mass is 474 g/mol. The summed E-state index contributed by atoms with van der Waals surface area (Å²) < 4.78 is 34.6. The predicted octanol–water partition coefficient (Wildman–Crippen LogP) is 4.55. The second-order valence-corrected chi connectivity index (χ2v) is 9.43. The quantitative estimate of drug-likeness (QED) is 0.410. The van der Waals surface area contributed by atoms with E-state index in [4.69, 9.17) is 4.74 Å². The van der Waals surface area contributed by atoms with Crippen LogP contribution in [0.25, 0.3) is 20.4 Å². The second kappa shape index (κ2) is 9.14. The van der Waals surface area contributed by atoms with Crippen LogP contribution in [0.5, 0.6) is 0 Å². The van der Waals surface area contributed by atoms with Crippen LogP contribution < -0.4 is 4.90 Å². The highest BCUT2D eigenvalue weighted by atomic mass is 32.1. The SMILES string of the molecule is O=C(c1ccc2ncsc2c1)N(CCCN1CCOCC1)c1nc2c(F)cc(F)cc2s1. The normalized spacial score (nSPS) is 14.9. The molecule has 1 saturated heterocycles. The van der Waals surface area contributed by atoms with Crippen LogP contribution in [0.4, 0.5) is 13.9 Å². The van der Waals surface area contributed by atoms with Crippen molar-refractivity contribution < 1.29 is 18.3 Å². The molecule has 0 aliphatic carbocycles. The van der Waals surface area contributed by atoms with Crippen LogP contribution in [0.15, 0.2) is 35.8 Å². The van der Waals surface area contributed by atoms with E-state index in [1.165, 1.54) is 17.4 Å². The number of hydrogen-bond donors (Lipinski definition) is 0. The van der Waals surface area contributed by atoms with Crippen molar-refractivity contribution >= 4 is 54.1 Å². The minimum absolute atomic E-state index is 0.0790. The summed E-state index contributed by atoms with van der Waals surface area (Å²) >= 11 is 2.58. The van der Waals surface area contributed by atoms with Gasteiger partial charge in [0.15, 0.2) is 10.9 Å². The molecule has 166 valence electrons. The number of amides is 1. The van der Waals surface area contributed by atoms with Crippen molar-refractivity contribution in [3.8, 4) is 0 Å². The van der Waals surface area contributed by atoms with Gasteiger partial charge < -0.3 is 4.74 Å². The molecule has 6 nitrogen and oxygen atoms in total. The van der Waals surface area contributed by atoms with Gasteiger partial charge in [0.25, 0.3) is 5.91 Å². The van der Waals surface area contributed by atoms with E-state index in [2.05, 4.69) is 14.9 Å². The number of ether oxygens (including phenoxy) is 1. The fourth-order valence-electron chi connectivity index (χ4n) is 3.77. The molecule has 1 aliphatic heterocycles. The molecule has 1 fully saturated rings. The molecule has 0 saturated carbocycles. The van der Waals surface area contributed by atoms with E-state index >= 15 is 0 Å². The fourth-order valence-corrected chi connectivity index (χ4v) is 5.51. The summed E-state index contributed by atoms with van der Waals surface area (Å²) in [5.74, 6) is -1.61. The summed E-state index contributed by atoms with van der Waals surface area (Å²) in [6.07, 6.45) is 0.724. The molecule has 1 amide bonds. The number of nitrogens with zero attached hydrogens (tertiary/aromatic N) is 4. The first-order chi connectivity index (χ1) is 15.6. The van der Waals surface area contributed by atoms with Crippen LogP contribution >= 0.6 is 22.7 Å². The Kier molecular flexibility index (Phi) is 6.09. The number of rotatable bonds is 6. The predicted molar refractivity (Wildman–Crippen MR) is 123 cm³/mol. The average Bonchev–Trinajstić information content (AvgIpc) is 3.43. The molecule has 0 spiro atoms. The maximum atomic E-state index is 14.3. The molecule has 2 aromatic heterocycles. The topological polar surface area (TPSA) is 58.6 Å². The van der Waals surface area contributed by atoms with Crippen molar-refractivity contribution in [3.05, 3.63) is 53.0 Å². The molecule has 5 rings (SSSR count). The maximum Gasteiger partial charge on any atom is 0.260 e. The van der Waals surface area contributed by atoms with Crippen LogP contribution in [0.2, 0.25) is 0 Å². The summed E-state index contributed by atoms with van der Waals surface area (Å²) in [7, 11) is 0. The third-order valence-electron chi connectivity index (χ3n) is 5.42. The molecule has 0 N–H and O–H groups in total. The number of thiazole rings is 2. The van der Waals surface area contributed by atoms with Crippen molar-refractivity contribution in [1.29, 1.82) is 0 Å². The Labute approximate surface area is 191 Å². The van der Waals surface area contributed by atoms with Crippen LogP contribution in [-0.2, 0) is 4.74 Å². The molecule has 0 bridgehead atoms. The fraction of sp³-hybridized carbons (Fsp3) is 0.318. The van der Waals surface area contributed by atoms with E-state index in [9.17, 15) is 13.6 Å². The van der Waals surface area contributed by atoms with Gasteiger partial charge in [0.05, 0.1) is 33.6 Å². The first kappa shape index (κ1) is 21.3. The van der Waals surface area contributed by atoms with Gasteiger partial charge in [-0.2, -0.15) is 0 Å². The zero-order valence-corrected chi connectivity index (χ0v) is 18.7. The molecule has 10 heteroatoms. The van der Waals surface area contributed by atoms with Crippen molar-refractivity contribution in [3.63, 3.8) is 0 Å². The highest BCUT2D eigenvalue weighted by Gasteiger charge is 2.23. The Balaban J connectivity index is 1.44. The molecular weight excluding hydrogens is 454 g/mol. The van der Waals surface area contributed by atoms with Crippen molar-refractivity contribution in [2.24, 2.45) is 0 Å². The number of benzene rings is 2. The van der Waals surface area contributed by atoms with Gasteiger partial charge in [0, 0.05) is 37.8 Å². The number of hydrogen-bond acceptors (Lipinski definition) is 7. The smallest absolute Gasteiger partial charge is 0.260 e. The van der Waals surface area contributed by atoms with Gasteiger partial charge in [-0.25, -0.2) is 18.7 Å². The standard InChI is InChI=1S/C22H20F2N4O2S2/c23-15-11-16(24)20-19(12-15)32-22(26-20)28(5-1-4-27-6-8-30-9-7-27)21(29)14-2-3-17-18(10-14)31-13-25-17/h2-3,10-13H,1,4-9H2. The summed E-state index contributed by atoms with van der Waals surface area (Å²) in [4.78, 5) is 26.0. The number of fused-ring (bicyclic) bond motifs is 2. The third kappa shape index (κ3) is 4.36. The Hall–Kier alpha value is -2.53. The van der Waals surface area contributed by atoms with Crippen LogP contribution in [0, 0.1) is 11.6 Å². The average molecular weight is 475 g/mol. The van der Waals surface area contributed by atoms with Crippen LogP contribution in [0.1, 0.15) is 16.8 Å². The van der Waals surface area contributed by atoms with E-state index < -0.39 is 11.6 Å². The molecule has 3 heterocycles. The minimum atomic E-state index is -0.728. The number of morpholine rings is 1. The summed E-state index contributed by atoms with van der Waals surface area (Å²) in [5, 5.41) is 0.362. The van der Waals surface area contributed by atoms with Gasteiger partial charge >= 0.3 is 0 Å². The molecule has 1 aliphatic rings. The molecule has 4 aromatic rings. The zero-order valence-electron chi connectivity index (χ0n) is 17.1. The second-order valence-electron chi connectivity index (χ2n) is 7.53. The van der Waals surface area contributed by atoms with E-state index in [0.29, 0.717) is 35.2 Å². The molecule has 0 atom stereocenters. The third-order valence-corrected chi connectivity index (χ3v) is 7.23. The molecular formula is C22H20F2N4O2S2. The van der Waals surface area contributed by atoms with Crippen LogP contribution in [0.3, 0.4) is 0 Å². The lowest BCUT2D eigenvalue weighted by Crippen LogP contribution is -2.39. The highest BCUT2D eigenvalue weighted by Crippen LogP contribution is 2.32. The van der Waals surface area contributed by atoms with Gasteiger partial charge in [-0.3, -0.25) is 14.6 Å². The lowest BCUT2D eigenvalue weighted by molar-refractivity contribution is 0.0376. The number of aromatic nitrogens is 2. The largest absolute Gasteiger partial charge is 0.379 e. The lowest BCUT2D eigenvalue weighted by atomic mass is 10.2. The van der Waals surface area contributed by atoms with Crippen LogP contribution in [-0.4, -0.2) is 60.2 Å². The first-order valence-electron chi connectivity index (χ1n) is 10.3. The Morgan fingerprint density at radius 3 is 2.84 bits per heavy atom. The Morgan fingerprint density at radius 2 is 2.00 bits per heavy atom. The Bertz CT molecular complexity index is 1270. The van der Waals surface area contributed by atoms with E-state index in [-0.39, 0.29) is 11.4 Å². The molecule has 2 aromatic carbocycles. The molecule has 32 heavy (non-hydrogen) atoms. The Morgan fingerprint density at radius 1 is 1.16 bits per heavy atom. The first-order valence-corrected chi connectivity index (χ1v) is 12.0. The van der Waals surface area contributed by atoms with Gasteiger partial charge in [0.1, 0.15) is 11.3 Å². The molecule has 0 radical (unpaired) electrons. The summed E-state index contributed by atoms with van der Waals surface area (Å²) in [6.45, 7) is 4.37. The number of anilines is 1. The highest BCUT2D eigenvalue weighted by molar-refractivity contribution is 7.22. The summed E-state index contributed by atoms with van der Waals surface area (Å²) in [5.41, 5.74) is 3.17. The van der Waals surface area contributed by atoms with Gasteiger partial charge in [-0.15, -0.1) is 11.3 Å². The van der Waals surface area contributed by atoms with Crippen molar-refractivity contribution in [2.45, 2.75) is 6.42 Å². The summed E-state index contributed by atoms with van der Waals surface area (Å²) in [6, 6.07) is 7.44. The van der Waals surface area contributed by atoms with Gasteiger partial charge in [-0.1, -0.05) is 11.3 Å². The molecule has 0 unspecified atom stereocenters. The lowest BCUT2D eigenvalue weighted by Gasteiger charge is -2.27. The number of carbonyl (C=O) groups excluding carboxylic acids is 1. The van der Waals surface area contributed by atoms with Gasteiger partial charge in [-0.05, 0) is 30.7 Å². The van der Waals surface area contributed by atoms with Crippen molar-refractivity contribution in [1.82, 2.24) is 14.9 Å². The zero-order chi connectivity index (χ0) is 22.1. The van der Waals surface area contributed by atoms with Gasteiger partial charge in [0.2, 0.25) is 0 Å². The number of halogens is 2. The maximum absolute atomic E-state index is 14.3. The number of carbonyl (C=O) groups is 1.